The minimum absolute atomic E-state index is 0.710. The van der Waals surface area contributed by atoms with E-state index in [0.29, 0.717) is 5.92 Å². The first-order chi connectivity index (χ1) is 13.2. The van der Waals surface area contributed by atoms with E-state index in [4.69, 9.17) is 10.1 Å². The summed E-state index contributed by atoms with van der Waals surface area (Å²) >= 11 is 1.74. The molecule has 4 heteroatoms. The van der Waals surface area contributed by atoms with Crippen molar-refractivity contribution in [3.05, 3.63) is 59.2 Å². The third kappa shape index (κ3) is 4.38. The molecule has 0 amide bonds. The third-order valence-corrected chi connectivity index (χ3v) is 6.48. The zero-order chi connectivity index (χ0) is 18.6. The highest BCUT2D eigenvalue weighted by Gasteiger charge is 2.19. The topological polar surface area (TPSA) is 28.5 Å². The van der Waals surface area contributed by atoms with Crippen LogP contribution in [0.4, 0.5) is 5.13 Å². The number of para-hydroxylation sites is 1. The molecule has 0 radical (unpaired) electrons. The van der Waals surface area contributed by atoms with Crippen molar-refractivity contribution >= 4 is 32.9 Å². The molecule has 0 bridgehead atoms. The first kappa shape index (κ1) is 18.2. The van der Waals surface area contributed by atoms with Gasteiger partial charge in [0.25, 0.3) is 0 Å². The van der Waals surface area contributed by atoms with Crippen LogP contribution in [0.1, 0.15) is 48.8 Å². The maximum Gasteiger partial charge on any atom is 0.207 e. The van der Waals surface area contributed by atoms with E-state index in [0.717, 1.165) is 17.2 Å². The minimum atomic E-state index is 0.710. The summed E-state index contributed by atoms with van der Waals surface area (Å²) in [6.45, 7) is 5.23. The molecular formula is C23H27N3S. The summed E-state index contributed by atoms with van der Waals surface area (Å²) < 4.78 is 1.23. The lowest BCUT2D eigenvalue weighted by molar-refractivity contribution is 0.359. The van der Waals surface area contributed by atoms with Crippen LogP contribution < -0.4 is 5.01 Å². The largest absolute Gasteiger partial charge is 0.239 e. The van der Waals surface area contributed by atoms with Gasteiger partial charge in [-0.2, -0.15) is 5.10 Å². The van der Waals surface area contributed by atoms with Crippen molar-refractivity contribution in [3.63, 3.8) is 0 Å². The predicted molar refractivity (Wildman–Crippen MR) is 117 cm³/mol. The van der Waals surface area contributed by atoms with Gasteiger partial charge in [-0.05, 0) is 55.9 Å². The lowest BCUT2D eigenvalue weighted by Crippen LogP contribution is -2.26. The molecule has 1 aliphatic carbocycles. The van der Waals surface area contributed by atoms with Crippen LogP contribution in [0.15, 0.2) is 47.6 Å². The number of thiazole rings is 1. The number of hydrazone groups is 1. The Hall–Kier alpha value is -2.20. The van der Waals surface area contributed by atoms with Gasteiger partial charge in [0, 0.05) is 6.54 Å². The van der Waals surface area contributed by atoms with E-state index in [1.807, 2.05) is 6.21 Å². The molecule has 1 aromatic heterocycles. The second-order valence-electron chi connectivity index (χ2n) is 7.65. The summed E-state index contributed by atoms with van der Waals surface area (Å²) in [4.78, 5) is 4.86. The second kappa shape index (κ2) is 8.22. The van der Waals surface area contributed by atoms with E-state index >= 15 is 0 Å². The number of fused-ring (bicyclic) bond motifs is 1. The fourth-order valence-corrected chi connectivity index (χ4v) is 4.72. The Morgan fingerprint density at radius 1 is 1.11 bits per heavy atom. The molecule has 0 unspecified atom stereocenters. The van der Waals surface area contributed by atoms with E-state index in [9.17, 15) is 0 Å². The van der Waals surface area contributed by atoms with E-state index in [2.05, 4.69) is 61.3 Å². The van der Waals surface area contributed by atoms with E-state index in [-0.39, 0.29) is 0 Å². The van der Waals surface area contributed by atoms with Crippen molar-refractivity contribution in [3.8, 4) is 0 Å². The molecule has 1 saturated carbocycles. The van der Waals surface area contributed by atoms with Gasteiger partial charge < -0.3 is 0 Å². The lowest BCUT2D eigenvalue weighted by atomic mass is 9.89. The van der Waals surface area contributed by atoms with Crippen LogP contribution in [-0.2, 0) is 0 Å². The predicted octanol–water partition coefficient (Wildman–Crippen LogP) is 6.33. The van der Waals surface area contributed by atoms with Crippen molar-refractivity contribution in [1.29, 1.82) is 0 Å². The molecule has 1 aliphatic rings. The molecule has 0 spiro atoms. The van der Waals surface area contributed by atoms with E-state index in [1.54, 1.807) is 11.3 Å². The van der Waals surface area contributed by atoms with Gasteiger partial charge >= 0.3 is 0 Å². The van der Waals surface area contributed by atoms with Gasteiger partial charge in [0.2, 0.25) is 5.13 Å². The van der Waals surface area contributed by atoms with Crippen molar-refractivity contribution in [1.82, 2.24) is 4.98 Å². The first-order valence-corrected chi connectivity index (χ1v) is 10.7. The van der Waals surface area contributed by atoms with E-state index < -0.39 is 0 Å². The van der Waals surface area contributed by atoms with Gasteiger partial charge in [0.15, 0.2) is 0 Å². The van der Waals surface area contributed by atoms with Crippen LogP contribution >= 0.6 is 11.3 Å². The highest BCUT2D eigenvalue weighted by atomic mass is 32.1. The zero-order valence-corrected chi connectivity index (χ0v) is 17.0. The van der Waals surface area contributed by atoms with Crippen molar-refractivity contribution in [2.45, 2.75) is 46.0 Å². The fraction of sp³-hybridized carbons (Fsp3) is 0.391. The van der Waals surface area contributed by atoms with Gasteiger partial charge in [-0.25, -0.2) is 9.99 Å². The summed E-state index contributed by atoms with van der Waals surface area (Å²) in [5.41, 5.74) is 4.77. The Bertz CT molecular complexity index is 905. The second-order valence-corrected chi connectivity index (χ2v) is 8.66. The van der Waals surface area contributed by atoms with Crippen LogP contribution in [0.5, 0.6) is 0 Å². The van der Waals surface area contributed by atoms with Gasteiger partial charge in [-0.3, -0.25) is 0 Å². The molecule has 1 heterocycles. The number of aromatic nitrogens is 1. The first-order valence-electron chi connectivity index (χ1n) is 9.93. The summed E-state index contributed by atoms with van der Waals surface area (Å²) in [5, 5.41) is 8.06. The SMILES string of the molecule is Cc1ccc(C)c(/C=N/N(CC2CCCCC2)c2nc3ccccc3s2)c1. The number of nitrogens with zero attached hydrogens (tertiary/aromatic N) is 3. The molecule has 140 valence electrons. The van der Waals surface area contributed by atoms with Crippen LogP contribution in [0.2, 0.25) is 0 Å². The van der Waals surface area contributed by atoms with Crippen LogP contribution in [0, 0.1) is 19.8 Å². The molecule has 4 rings (SSSR count). The Kier molecular flexibility index (Phi) is 5.53. The van der Waals surface area contributed by atoms with Crippen molar-refractivity contribution in [2.75, 3.05) is 11.6 Å². The highest BCUT2D eigenvalue weighted by molar-refractivity contribution is 7.22. The van der Waals surface area contributed by atoms with Gasteiger partial charge in [-0.1, -0.05) is 66.5 Å². The molecule has 0 aliphatic heterocycles. The van der Waals surface area contributed by atoms with Gasteiger partial charge in [-0.15, -0.1) is 0 Å². The number of anilines is 1. The maximum atomic E-state index is 4.91. The van der Waals surface area contributed by atoms with Crippen LogP contribution in [0.3, 0.4) is 0 Å². The molecule has 0 N–H and O–H groups in total. The lowest BCUT2D eigenvalue weighted by Gasteiger charge is -2.26. The maximum absolute atomic E-state index is 4.91. The Labute approximate surface area is 165 Å². The quantitative estimate of drug-likeness (QED) is 0.384. The van der Waals surface area contributed by atoms with Gasteiger partial charge in [0.05, 0.1) is 16.4 Å². The smallest absolute Gasteiger partial charge is 0.207 e. The van der Waals surface area contributed by atoms with Crippen LogP contribution in [0.25, 0.3) is 10.2 Å². The average molecular weight is 378 g/mol. The van der Waals surface area contributed by atoms with Crippen LogP contribution in [-0.4, -0.2) is 17.7 Å². The number of hydrogen-bond acceptors (Lipinski definition) is 4. The summed E-state index contributed by atoms with van der Waals surface area (Å²) in [5.74, 6) is 0.710. The molecule has 3 nitrogen and oxygen atoms in total. The standard InChI is InChI=1S/C23H27N3S/c1-17-12-13-18(2)20(14-17)15-24-26(16-19-8-4-3-5-9-19)23-25-21-10-6-7-11-22(21)27-23/h6-7,10-15,19H,3-5,8-9,16H2,1-2H3/b24-15+. The molecule has 0 atom stereocenters. The number of benzene rings is 2. The summed E-state index contributed by atoms with van der Waals surface area (Å²) in [7, 11) is 0. The fourth-order valence-electron chi connectivity index (χ4n) is 3.79. The monoisotopic (exact) mass is 377 g/mol. The molecule has 2 aromatic carbocycles. The number of aryl methyl sites for hydroxylation is 2. The Morgan fingerprint density at radius 2 is 1.93 bits per heavy atom. The van der Waals surface area contributed by atoms with Gasteiger partial charge in [0.1, 0.15) is 0 Å². The third-order valence-electron chi connectivity index (χ3n) is 5.43. The Morgan fingerprint density at radius 3 is 2.74 bits per heavy atom. The summed E-state index contributed by atoms with van der Waals surface area (Å²) in [6, 6.07) is 14.9. The van der Waals surface area contributed by atoms with Crippen molar-refractivity contribution in [2.24, 2.45) is 11.0 Å². The normalized spacial score (nSPS) is 15.6. The molecular weight excluding hydrogens is 350 g/mol. The minimum Gasteiger partial charge on any atom is -0.239 e. The highest BCUT2D eigenvalue weighted by Crippen LogP contribution is 2.32. The molecule has 1 fully saturated rings. The zero-order valence-electron chi connectivity index (χ0n) is 16.2. The van der Waals surface area contributed by atoms with Crippen molar-refractivity contribution < 1.29 is 0 Å². The molecule has 0 saturated heterocycles. The number of rotatable bonds is 5. The number of hydrogen-bond donors (Lipinski definition) is 0. The Balaban J connectivity index is 1.64. The summed E-state index contributed by atoms with van der Waals surface area (Å²) in [6.07, 6.45) is 8.69. The molecule has 3 aromatic rings. The average Bonchev–Trinajstić information content (AvgIpc) is 3.12. The molecule has 27 heavy (non-hydrogen) atoms. The van der Waals surface area contributed by atoms with E-state index in [1.165, 1.54) is 53.5 Å².